The fraction of sp³-hybridized carbons (Fsp3) is 0.667. The summed E-state index contributed by atoms with van der Waals surface area (Å²) in [5.41, 5.74) is 0.433. The van der Waals surface area contributed by atoms with E-state index in [9.17, 15) is 4.79 Å². The van der Waals surface area contributed by atoms with Crippen molar-refractivity contribution >= 4 is 5.91 Å². The normalized spacial score (nSPS) is 17.4. The number of nitrogens with zero attached hydrogens (tertiary/aromatic N) is 1. The number of amides is 1. The van der Waals surface area contributed by atoms with Gasteiger partial charge in [-0.3, -0.25) is 4.79 Å². The maximum atomic E-state index is 11.9. The smallest absolute Gasteiger partial charge is 0.273 e. The van der Waals surface area contributed by atoms with Gasteiger partial charge >= 0.3 is 0 Å². The highest BCUT2D eigenvalue weighted by Gasteiger charge is 2.20. The fourth-order valence-electron chi connectivity index (χ4n) is 2.24. The molecule has 0 radical (unpaired) electrons. The van der Waals surface area contributed by atoms with E-state index in [0.29, 0.717) is 23.4 Å². The number of hydrogen-bond acceptors (Lipinski definition) is 3. The van der Waals surface area contributed by atoms with E-state index in [-0.39, 0.29) is 5.91 Å². The molecule has 0 saturated heterocycles. The Bertz CT molecular complexity index is 378. The number of hydrogen-bond donors (Lipinski definition) is 1. The van der Waals surface area contributed by atoms with Gasteiger partial charge in [-0.1, -0.05) is 19.3 Å². The van der Waals surface area contributed by atoms with Gasteiger partial charge in [0.05, 0.1) is 0 Å². The van der Waals surface area contributed by atoms with Crippen molar-refractivity contribution in [2.75, 3.05) is 0 Å². The van der Waals surface area contributed by atoms with Crippen molar-refractivity contribution in [3.63, 3.8) is 0 Å². The number of aryl methyl sites for hydroxylation is 2. The van der Waals surface area contributed by atoms with Gasteiger partial charge in [0.2, 0.25) is 0 Å². The van der Waals surface area contributed by atoms with Crippen LogP contribution in [-0.4, -0.2) is 16.9 Å². The molecule has 0 atom stereocenters. The standard InChI is InChI=1S/C12H18N2O2/c1-8-11(13-9(2)16-8)12(15)14-10-6-4-3-5-7-10/h10H,3-7H2,1-2H3,(H,14,15). The van der Waals surface area contributed by atoms with Gasteiger partial charge in [0.1, 0.15) is 5.76 Å². The molecule has 0 aliphatic heterocycles. The quantitative estimate of drug-likeness (QED) is 0.835. The van der Waals surface area contributed by atoms with Crippen LogP contribution in [0.5, 0.6) is 0 Å². The minimum absolute atomic E-state index is 0.0961. The maximum absolute atomic E-state index is 11.9. The Morgan fingerprint density at radius 3 is 2.56 bits per heavy atom. The van der Waals surface area contributed by atoms with Crippen LogP contribution in [0.25, 0.3) is 0 Å². The molecule has 1 fully saturated rings. The molecule has 16 heavy (non-hydrogen) atoms. The Morgan fingerprint density at radius 2 is 2.00 bits per heavy atom. The highest BCUT2D eigenvalue weighted by molar-refractivity contribution is 5.93. The molecule has 4 nitrogen and oxygen atoms in total. The van der Waals surface area contributed by atoms with Crippen molar-refractivity contribution in [2.45, 2.75) is 52.0 Å². The van der Waals surface area contributed by atoms with Crippen LogP contribution in [0.15, 0.2) is 4.42 Å². The summed E-state index contributed by atoms with van der Waals surface area (Å²) >= 11 is 0. The van der Waals surface area contributed by atoms with Crippen molar-refractivity contribution < 1.29 is 9.21 Å². The number of carbonyl (C=O) groups excluding carboxylic acids is 1. The fourth-order valence-corrected chi connectivity index (χ4v) is 2.24. The molecule has 0 bridgehead atoms. The van der Waals surface area contributed by atoms with E-state index >= 15 is 0 Å². The Balaban J connectivity index is 1.99. The Kier molecular flexibility index (Phi) is 3.27. The molecule has 88 valence electrons. The Morgan fingerprint density at radius 1 is 1.31 bits per heavy atom. The number of aromatic nitrogens is 1. The second kappa shape index (κ2) is 4.68. The molecule has 1 aliphatic carbocycles. The highest BCUT2D eigenvalue weighted by Crippen LogP contribution is 2.18. The van der Waals surface area contributed by atoms with Crippen LogP contribution in [0.3, 0.4) is 0 Å². The number of rotatable bonds is 2. The summed E-state index contributed by atoms with van der Waals surface area (Å²) in [4.78, 5) is 16.0. The minimum Gasteiger partial charge on any atom is -0.445 e. The topological polar surface area (TPSA) is 55.1 Å². The van der Waals surface area contributed by atoms with E-state index in [1.807, 2.05) is 0 Å². The first-order valence-corrected chi connectivity index (χ1v) is 5.91. The van der Waals surface area contributed by atoms with E-state index in [2.05, 4.69) is 10.3 Å². The van der Waals surface area contributed by atoms with Gasteiger partial charge in [-0.25, -0.2) is 4.98 Å². The molecular formula is C12H18N2O2. The minimum atomic E-state index is -0.0961. The van der Waals surface area contributed by atoms with Gasteiger partial charge in [0, 0.05) is 13.0 Å². The summed E-state index contributed by atoms with van der Waals surface area (Å²) in [6, 6.07) is 0.317. The predicted octanol–water partition coefficient (Wildman–Crippen LogP) is 2.35. The SMILES string of the molecule is Cc1nc(C(=O)NC2CCCCC2)c(C)o1. The van der Waals surface area contributed by atoms with Crippen LogP contribution in [0, 0.1) is 13.8 Å². The summed E-state index contributed by atoms with van der Waals surface area (Å²) in [5.74, 6) is 1.05. The second-order valence-electron chi connectivity index (χ2n) is 4.45. The maximum Gasteiger partial charge on any atom is 0.273 e. The predicted molar refractivity (Wildman–Crippen MR) is 60.3 cm³/mol. The van der Waals surface area contributed by atoms with E-state index in [1.54, 1.807) is 13.8 Å². The van der Waals surface area contributed by atoms with E-state index < -0.39 is 0 Å². The molecule has 2 rings (SSSR count). The molecular weight excluding hydrogens is 204 g/mol. The zero-order valence-corrected chi connectivity index (χ0v) is 9.88. The third-order valence-corrected chi connectivity index (χ3v) is 3.06. The second-order valence-corrected chi connectivity index (χ2v) is 4.45. The lowest BCUT2D eigenvalue weighted by molar-refractivity contribution is 0.0921. The summed E-state index contributed by atoms with van der Waals surface area (Å²) in [6.45, 7) is 3.53. The third-order valence-electron chi connectivity index (χ3n) is 3.06. The van der Waals surface area contributed by atoms with Gasteiger partial charge in [0.25, 0.3) is 5.91 Å². The molecule has 1 amide bonds. The monoisotopic (exact) mass is 222 g/mol. The first kappa shape index (κ1) is 11.2. The summed E-state index contributed by atoms with van der Waals surface area (Å²) in [5, 5.41) is 3.03. The average Bonchev–Trinajstić information content (AvgIpc) is 2.59. The number of nitrogens with one attached hydrogen (secondary N) is 1. The van der Waals surface area contributed by atoms with Crippen LogP contribution in [-0.2, 0) is 0 Å². The van der Waals surface area contributed by atoms with Crippen LogP contribution in [0.1, 0.15) is 54.2 Å². The van der Waals surface area contributed by atoms with E-state index in [1.165, 1.54) is 19.3 Å². The number of oxazole rings is 1. The zero-order valence-electron chi connectivity index (χ0n) is 9.88. The molecule has 0 unspecified atom stereocenters. The van der Waals surface area contributed by atoms with Crippen LogP contribution >= 0.6 is 0 Å². The Hall–Kier alpha value is -1.32. The van der Waals surface area contributed by atoms with Gasteiger partial charge in [-0.15, -0.1) is 0 Å². The van der Waals surface area contributed by atoms with Gasteiger partial charge in [-0.05, 0) is 19.8 Å². The summed E-state index contributed by atoms with van der Waals surface area (Å²) in [7, 11) is 0. The molecule has 1 aliphatic rings. The average molecular weight is 222 g/mol. The van der Waals surface area contributed by atoms with Crippen molar-refractivity contribution in [3.8, 4) is 0 Å². The number of carbonyl (C=O) groups is 1. The van der Waals surface area contributed by atoms with Gasteiger partial charge < -0.3 is 9.73 Å². The van der Waals surface area contributed by atoms with Crippen LogP contribution < -0.4 is 5.32 Å². The summed E-state index contributed by atoms with van der Waals surface area (Å²) < 4.78 is 5.25. The van der Waals surface area contributed by atoms with Gasteiger partial charge in [0.15, 0.2) is 11.6 Å². The lowest BCUT2D eigenvalue weighted by Gasteiger charge is -2.22. The van der Waals surface area contributed by atoms with Gasteiger partial charge in [-0.2, -0.15) is 0 Å². The molecule has 0 spiro atoms. The molecule has 1 N–H and O–H groups in total. The Labute approximate surface area is 95.4 Å². The molecule has 1 aromatic heterocycles. The van der Waals surface area contributed by atoms with Crippen LogP contribution in [0.2, 0.25) is 0 Å². The van der Waals surface area contributed by atoms with Crippen molar-refractivity contribution in [3.05, 3.63) is 17.3 Å². The van der Waals surface area contributed by atoms with Crippen molar-refractivity contribution in [2.24, 2.45) is 0 Å². The molecule has 1 saturated carbocycles. The summed E-state index contributed by atoms with van der Waals surface area (Å²) in [6.07, 6.45) is 5.88. The third kappa shape index (κ3) is 2.43. The van der Waals surface area contributed by atoms with E-state index in [4.69, 9.17) is 4.42 Å². The van der Waals surface area contributed by atoms with Crippen molar-refractivity contribution in [1.29, 1.82) is 0 Å². The largest absolute Gasteiger partial charge is 0.445 e. The lowest BCUT2D eigenvalue weighted by atomic mass is 9.95. The zero-order chi connectivity index (χ0) is 11.5. The molecule has 0 aromatic carbocycles. The van der Waals surface area contributed by atoms with E-state index in [0.717, 1.165) is 12.8 Å². The lowest BCUT2D eigenvalue weighted by Crippen LogP contribution is -2.36. The first-order valence-electron chi connectivity index (χ1n) is 5.91. The molecule has 1 aromatic rings. The van der Waals surface area contributed by atoms with Crippen LogP contribution in [0.4, 0.5) is 0 Å². The van der Waals surface area contributed by atoms with Crippen molar-refractivity contribution in [1.82, 2.24) is 10.3 Å². The first-order chi connectivity index (χ1) is 7.66. The molecule has 4 heteroatoms. The highest BCUT2D eigenvalue weighted by atomic mass is 16.4. The molecule has 1 heterocycles.